The lowest BCUT2D eigenvalue weighted by atomic mass is 9.77. The molecule has 0 bridgehead atoms. The van der Waals surface area contributed by atoms with Crippen LogP contribution < -0.4 is 4.74 Å². The fourth-order valence-electron chi connectivity index (χ4n) is 5.83. The summed E-state index contributed by atoms with van der Waals surface area (Å²) in [5, 5.41) is 5.37. The van der Waals surface area contributed by atoms with Gasteiger partial charge in [-0.1, -0.05) is 46.6 Å². The molecule has 0 aliphatic carbocycles. The van der Waals surface area contributed by atoms with Gasteiger partial charge >= 0.3 is 0 Å². The van der Waals surface area contributed by atoms with Crippen LogP contribution in [0.4, 0.5) is 0 Å². The molecule has 0 spiro atoms. The van der Waals surface area contributed by atoms with E-state index in [1.165, 1.54) is 0 Å². The lowest BCUT2D eigenvalue weighted by Crippen LogP contribution is -2.51. The number of rotatable bonds is 7. The Bertz CT molecular complexity index is 1380. The first kappa shape index (κ1) is 28.5. The van der Waals surface area contributed by atoms with Gasteiger partial charge in [-0.3, -0.25) is 9.59 Å². The van der Waals surface area contributed by atoms with E-state index in [2.05, 4.69) is 5.16 Å². The van der Waals surface area contributed by atoms with Gasteiger partial charge in [0.05, 0.1) is 11.6 Å². The zero-order valence-corrected chi connectivity index (χ0v) is 24.6. The molecule has 0 N–H and O–H groups in total. The molecular weight excluding hydrogens is 549 g/mol. The van der Waals surface area contributed by atoms with Crippen LogP contribution in [0.2, 0.25) is 10.0 Å². The van der Waals surface area contributed by atoms with Crippen molar-refractivity contribution in [1.29, 1.82) is 0 Å². The molecule has 0 unspecified atom stereocenters. The van der Waals surface area contributed by atoms with Crippen LogP contribution in [0, 0.1) is 19.3 Å². The van der Waals surface area contributed by atoms with Crippen molar-refractivity contribution in [1.82, 2.24) is 15.0 Å². The fourth-order valence-corrected chi connectivity index (χ4v) is 6.18. The Hall–Kier alpha value is -3.03. The number of aromatic nitrogens is 1. The summed E-state index contributed by atoms with van der Waals surface area (Å²) in [6.45, 7) is 6.53. The molecule has 0 saturated carbocycles. The predicted octanol–water partition coefficient (Wildman–Crippen LogP) is 6.97. The smallest absolute Gasteiger partial charge is 0.259 e. The molecule has 1 atom stereocenters. The number of ether oxygens (including phenoxy) is 1. The van der Waals surface area contributed by atoms with Gasteiger partial charge < -0.3 is 19.1 Å². The molecule has 2 amide bonds. The lowest BCUT2D eigenvalue weighted by Gasteiger charge is -2.43. The molecule has 3 aromatic rings. The van der Waals surface area contributed by atoms with E-state index in [1.807, 2.05) is 53.1 Å². The van der Waals surface area contributed by atoms with Crippen LogP contribution in [-0.2, 0) is 4.79 Å². The van der Waals surface area contributed by atoms with E-state index in [0.29, 0.717) is 64.5 Å². The molecule has 212 valence electrons. The average Bonchev–Trinajstić information content (AvgIpc) is 3.35. The summed E-state index contributed by atoms with van der Waals surface area (Å²) in [6, 6.07) is 12.9. The van der Waals surface area contributed by atoms with Crippen LogP contribution in [0.3, 0.4) is 0 Å². The van der Waals surface area contributed by atoms with E-state index in [1.54, 1.807) is 13.0 Å². The van der Waals surface area contributed by atoms with Crippen molar-refractivity contribution >= 4 is 35.0 Å². The Morgan fingerprint density at radius 3 is 2.48 bits per heavy atom. The summed E-state index contributed by atoms with van der Waals surface area (Å²) in [5.74, 6) is 1.09. The highest BCUT2D eigenvalue weighted by Crippen LogP contribution is 2.38. The molecular formula is C31H35Cl2N3O4. The molecule has 2 saturated heterocycles. The number of halogens is 2. The highest BCUT2D eigenvalue weighted by molar-refractivity contribution is 6.33. The molecule has 40 heavy (non-hydrogen) atoms. The summed E-state index contributed by atoms with van der Waals surface area (Å²) < 4.78 is 11.8. The summed E-state index contributed by atoms with van der Waals surface area (Å²) in [7, 11) is 0. The molecule has 7 nitrogen and oxygen atoms in total. The molecule has 5 rings (SSSR count). The van der Waals surface area contributed by atoms with Gasteiger partial charge in [-0.25, -0.2) is 0 Å². The number of hydrogen-bond donors (Lipinski definition) is 0. The van der Waals surface area contributed by atoms with Crippen LogP contribution in [-0.4, -0.2) is 59.6 Å². The SMILES string of the molecule is Cc1cc(OC[C@@]2(CC(=O)N3CCCCC3)CCCN(C(=O)c3c(-c4ccccc4Cl)noc3C)C2)ccc1Cl. The van der Waals surface area contributed by atoms with Crippen molar-refractivity contribution in [3.05, 3.63) is 69.4 Å². The van der Waals surface area contributed by atoms with E-state index in [0.717, 1.165) is 50.8 Å². The van der Waals surface area contributed by atoms with Crippen molar-refractivity contribution in [3.63, 3.8) is 0 Å². The van der Waals surface area contributed by atoms with Crippen LogP contribution in [0.1, 0.15) is 60.2 Å². The molecule has 0 radical (unpaired) electrons. The number of carbonyl (C=O) groups excluding carboxylic acids is 2. The van der Waals surface area contributed by atoms with E-state index in [4.69, 9.17) is 32.5 Å². The first-order chi connectivity index (χ1) is 19.3. The van der Waals surface area contributed by atoms with Gasteiger partial charge in [0.2, 0.25) is 5.91 Å². The van der Waals surface area contributed by atoms with Crippen molar-refractivity contribution < 1.29 is 18.8 Å². The van der Waals surface area contributed by atoms with Crippen molar-refractivity contribution in [2.24, 2.45) is 5.41 Å². The van der Waals surface area contributed by atoms with Crippen molar-refractivity contribution in [2.75, 3.05) is 32.8 Å². The van der Waals surface area contributed by atoms with Gasteiger partial charge in [0.1, 0.15) is 22.8 Å². The van der Waals surface area contributed by atoms with E-state index in [9.17, 15) is 9.59 Å². The number of benzene rings is 2. The molecule has 3 heterocycles. The summed E-state index contributed by atoms with van der Waals surface area (Å²) in [5.41, 5.74) is 1.87. The largest absolute Gasteiger partial charge is 0.493 e. The molecule has 2 aromatic carbocycles. The van der Waals surface area contributed by atoms with Gasteiger partial charge in [0.15, 0.2) is 0 Å². The minimum absolute atomic E-state index is 0.128. The van der Waals surface area contributed by atoms with E-state index < -0.39 is 5.41 Å². The van der Waals surface area contributed by atoms with Crippen molar-refractivity contribution in [2.45, 2.75) is 52.4 Å². The lowest BCUT2D eigenvalue weighted by molar-refractivity contribution is -0.136. The van der Waals surface area contributed by atoms with Gasteiger partial charge in [-0.2, -0.15) is 0 Å². The highest BCUT2D eigenvalue weighted by Gasteiger charge is 2.42. The van der Waals surface area contributed by atoms with Crippen LogP contribution >= 0.6 is 23.2 Å². The van der Waals surface area contributed by atoms with E-state index >= 15 is 0 Å². The normalized spacial score (nSPS) is 19.5. The second kappa shape index (κ2) is 12.2. The summed E-state index contributed by atoms with van der Waals surface area (Å²) in [6.07, 6.45) is 5.07. The summed E-state index contributed by atoms with van der Waals surface area (Å²) in [4.78, 5) is 31.4. The van der Waals surface area contributed by atoms with Gasteiger partial charge in [-0.15, -0.1) is 0 Å². The quantitative estimate of drug-likeness (QED) is 0.300. The number of aryl methyl sites for hydroxylation is 2. The average molecular weight is 585 g/mol. The second-order valence-electron chi connectivity index (χ2n) is 11.1. The Labute approximate surface area is 245 Å². The molecule has 2 aliphatic heterocycles. The molecule has 9 heteroatoms. The topological polar surface area (TPSA) is 75.9 Å². The predicted molar refractivity (Wildman–Crippen MR) is 156 cm³/mol. The molecule has 1 aromatic heterocycles. The third-order valence-corrected chi connectivity index (χ3v) is 8.82. The fraction of sp³-hybridized carbons (Fsp3) is 0.452. The van der Waals surface area contributed by atoms with Crippen molar-refractivity contribution in [3.8, 4) is 17.0 Å². The van der Waals surface area contributed by atoms with Crippen LogP contribution in [0.15, 0.2) is 47.0 Å². The minimum Gasteiger partial charge on any atom is -0.493 e. The Morgan fingerprint density at radius 1 is 0.975 bits per heavy atom. The van der Waals surface area contributed by atoms with Crippen LogP contribution in [0.5, 0.6) is 5.75 Å². The zero-order valence-electron chi connectivity index (χ0n) is 23.1. The third-order valence-electron chi connectivity index (χ3n) is 8.06. The number of hydrogen-bond acceptors (Lipinski definition) is 5. The van der Waals surface area contributed by atoms with Gasteiger partial charge in [0, 0.05) is 48.6 Å². The Kier molecular flexibility index (Phi) is 8.71. The molecule has 2 fully saturated rings. The third kappa shape index (κ3) is 6.16. The number of carbonyl (C=O) groups is 2. The van der Waals surface area contributed by atoms with E-state index in [-0.39, 0.29) is 11.8 Å². The first-order valence-corrected chi connectivity index (χ1v) is 14.7. The second-order valence-corrected chi connectivity index (χ2v) is 11.9. The standard InChI is InChI=1S/C31H35Cl2N3O4/c1-21-17-23(11-12-25(21)32)39-20-31(18-27(37)35-14-6-3-7-15-35)13-8-16-36(19-31)30(38)28-22(2)40-34-29(28)24-9-4-5-10-26(24)33/h4-5,9-12,17H,3,6-8,13-16,18-20H2,1-2H3/t31-/m1/s1. The number of amides is 2. The number of piperidine rings is 2. The Balaban J connectivity index is 1.42. The number of likely N-dealkylation sites (tertiary alicyclic amines) is 2. The van der Waals surface area contributed by atoms with Gasteiger partial charge in [0.25, 0.3) is 5.91 Å². The maximum atomic E-state index is 14.1. The Morgan fingerprint density at radius 2 is 1.73 bits per heavy atom. The molecule has 2 aliphatic rings. The first-order valence-electron chi connectivity index (χ1n) is 13.9. The monoisotopic (exact) mass is 583 g/mol. The summed E-state index contributed by atoms with van der Waals surface area (Å²) >= 11 is 12.7. The number of nitrogens with zero attached hydrogens (tertiary/aromatic N) is 3. The maximum absolute atomic E-state index is 14.1. The maximum Gasteiger partial charge on any atom is 0.259 e. The minimum atomic E-state index is -0.536. The highest BCUT2D eigenvalue weighted by atomic mass is 35.5. The van der Waals surface area contributed by atoms with Crippen LogP contribution in [0.25, 0.3) is 11.3 Å². The van der Waals surface area contributed by atoms with Gasteiger partial charge in [-0.05, 0) is 75.8 Å². The zero-order chi connectivity index (χ0) is 28.3.